The molecule has 1 aliphatic heterocycles. The van der Waals surface area contributed by atoms with Gasteiger partial charge in [-0.3, -0.25) is 4.79 Å². The van der Waals surface area contributed by atoms with Crippen molar-refractivity contribution in [3.63, 3.8) is 0 Å². The number of hydrogen-bond donors (Lipinski definition) is 1. The number of rotatable bonds is 8. The molecule has 18 heavy (non-hydrogen) atoms. The maximum Gasteiger partial charge on any atom is 0.219 e. The van der Waals surface area contributed by atoms with Crippen LogP contribution in [0.3, 0.4) is 0 Å². The van der Waals surface area contributed by atoms with E-state index in [4.69, 9.17) is 11.6 Å². The Hall–Kier alpha value is -0.280. The van der Waals surface area contributed by atoms with Gasteiger partial charge >= 0.3 is 0 Å². The number of unbranched alkanes of at least 4 members (excludes halogenated alkanes) is 1. The molecular weight excluding hydrogens is 248 g/mol. The molecule has 0 radical (unpaired) electrons. The normalized spacial score (nSPS) is 20.9. The van der Waals surface area contributed by atoms with Crippen LogP contribution in [0.4, 0.5) is 0 Å². The molecule has 0 aliphatic carbocycles. The van der Waals surface area contributed by atoms with Crippen LogP contribution in [0.25, 0.3) is 0 Å². The molecule has 1 fully saturated rings. The summed E-state index contributed by atoms with van der Waals surface area (Å²) in [5, 5.41) is 2.99. The van der Waals surface area contributed by atoms with E-state index in [9.17, 15) is 4.79 Å². The first kappa shape index (κ1) is 15.8. The van der Waals surface area contributed by atoms with E-state index in [0.29, 0.717) is 12.3 Å². The van der Waals surface area contributed by atoms with Crippen LogP contribution in [-0.4, -0.2) is 42.4 Å². The second-order valence-electron chi connectivity index (χ2n) is 5.23. The number of amides is 1. The van der Waals surface area contributed by atoms with Gasteiger partial charge in [-0.25, -0.2) is 0 Å². The van der Waals surface area contributed by atoms with Gasteiger partial charge in [-0.2, -0.15) is 0 Å². The highest BCUT2D eigenvalue weighted by Gasteiger charge is 2.17. The summed E-state index contributed by atoms with van der Waals surface area (Å²) in [6.45, 7) is 5.46. The molecule has 1 unspecified atom stereocenters. The molecule has 4 heteroatoms. The summed E-state index contributed by atoms with van der Waals surface area (Å²) in [7, 11) is 0. The van der Waals surface area contributed by atoms with Crippen molar-refractivity contribution in [1.82, 2.24) is 10.2 Å². The third-order valence-corrected chi connectivity index (χ3v) is 3.94. The Morgan fingerprint density at radius 3 is 2.89 bits per heavy atom. The predicted octanol–water partition coefficient (Wildman–Crippen LogP) is 2.78. The highest BCUT2D eigenvalue weighted by Crippen LogP contribution is 2.15. The zero-order valence-electron chi connectivity index (χ0n) is 11.6. The average molecular weight is 275 g/mol. The zero-order valence-corrected chi connectivity index (χ0v) is 12.3. The van der Waals surface area contributed by atoms with E-state index in [2.05, 4.69) is 17.1 Å². The summed E-state index contributed by atoms with van der Waals surface area (Å²) in [6, 6.07) is 0.721. The molecule has 1 atom stereocenters. The minimum Gasteiger partial charge on any atom is -0.356 e. The molecule has 1 amide bonds. The van der Waals surface area contributed by atoms with E-state index in [1.54, 1.807) is 0 Å². The highest BCUT2D eigenvalue weighted by atomic mass is 35.5. The maximum absolute atomic E-state index is 11.5. The van der Waals surface area contributed by atoms with E-state index in [1.807, 2.05) is 0 Å². The van der Waals surface area contributed by atoms with E-state index in [-0.39, 0.29) is 5.91 Å². The first-order valence-corrected chi connectivity index (χ1v) is 7.84. The van der Waals surface area contributed by atoms with Crippen LogP contribution in [-0.2, 0) is 4.79 Å². The monoisotopic (exact) mass is 274 g/mol. The van der Waals surface area contributed by atoms with E-state index in [1.165, 1.54) is 25.8 Å². The number of halogens is 1. The molecule has 0 aromatic rings. The van der Waals surface area contributed by atoms with Crippen molar-refractivity contribution in [2.45, 2.75) is 57.9 Å². The quantitative estimate of drug-likeness (QED) is 0.545. The van der Waals surface area contributed by atoms with Gasteiger partial charge in [0.1, 0.15) is 0 Å². The molecule has 106 valence electrons. The highest BCUT2D eigenvalue weighted by molar-refractivity contribution is 6.17. The van der Waals surface area contributed by atoms with E-state index >= 15 is 0 Å². The number of nitrogens with zero attached hydrogens (tertiary/aromatic N) is 1. The molecule has 1 rings (SSSR count). The van der Waals surface area contributed by atoms with Gasteiger partial charge in [0.25, 0.3) is 0 Å². The summed E-state index contributed by atoms with van der Waals surface area (Å²) >= 11 is 5.57. The standard InChI is InChI=1S/C14H27ClN2O/c1-13-7-3-5-11-17(13)12-6-10-16-14(18)8-2-4-9-15/h13H,2-12H2,1H3,(H,16,18). The topological polar surface area (TPSA) is 32.3 Å². The zero-order chi connectivity index (χ0) is 13.2. The molecule has 0 aromatic heterocycles. The van der Waals surface area contributed by atoms with Crippen molar-refractivity contribution >= 4 is 17.5 Å². The van der Waals surface area contributed by atoms with Crippen LogP contribution in [0.5, 0.6) is 0 Å². The SMILES string of the molecule is CC1CCCCN1CCCNC(=O)CCCCCl. The van der Waals surface area contributed by atoms with Crippen LogP contribution in [0.15, 0.2) is 0 Å². The van der Waals surface area contributed by atoms with Crippen molar-refractivity contribution < 1.29 is 4.79 Å². The van der Waals surface area contributed by atoms with Gasteiger partial charge in [0.15, 0.2) is 0 Å². The van der Waals surface area contributed by atoms with Gasteiger partial charge in [-0.1, -0.05) is 6.42 Å². The fraction of sp³-hybridized carbons (Fsp3) is 0.929. The lowest BCUT2D eigenvalue weighted by Gasteiger charge is -2.33. The lowest BCUT2D eigenvalue weighted by molar-refractivity contribution is -0.121. The average Bonchev–Trinajstić information content (AvgIpc) is 2.37. The smallest absolute Gasteiger partial charge is 0.219 e. The van der Waals surface area contributed by atoms with Gasteiger partial charge < -0.3 is 10.2 Å². The maximum atomic E-state index is 11.5. The second kappa shape index (κ2) is 9.62. The summed E-state index contributed by atoms with van der Waals surface area (Å²) < 4.78 is 0. The molecular formula is C14H27ClN2O. The number of alkyl halides is 1. The minimum atomic E-state index is 0.173. The van der Waals surface area contributed by atoms with Crippen LogP contribution in [0.2, 0.25) is 0 Å². The molecule has 0 aromatic carbocycles. The van der Waals surface area contributed by atoms with Crippen molar-refractivity contribution in [3.8, 4) is 0 Å². The lowest BCUT2D eigenvalue weighted by Crippen LogP contribution is -2.39. The van der Waals surface area contributed by atoms with Crippen LogP contribution < -0.4 is 5.32 Å². The number of carbonyl (C=O) groups excluding carboxylic acids is 1. The molecule has 1 saturated heterocycles. The minimum absolute atomic E-state index is 0.173. The van der Waals surface area contributed by atoms with Crippen molar-refractivity contribution in [2.24, 2.45) is 0 Å². The third kappa shape index (κ3) is 6.60. The molecule has 1 heterocycles. The Morgan fingerprint density at radius 2 is 2.17 bits per heavy atom. The van der Waals surface area contributed by atoms with Gasteiger partial charge in [-0.05, 0) is 45.6 Å². The molecule has 1 N–H and O–H groups in total. The Bertz CT molecular complexity index is 236. The van der Waals surface area contributed by atoms with Gasteiger partial charge in [0.05, 0.1) is 0 Å². The Labute approximate surface area is 116 Å². The van der Waals surface area contributed by atoms with E-state index in [0.717, 1.165) is 38.4 Å². The molecule has 3 nitrogen and oxygen atoms in total. The lowest BCUT2D eigenvalue weighted by atomic mass is 10.0. The largest absolute Gasteiger partial charge is 0.356 e. The van der Waals surface area contributed by atoms with Crippen molar-refractivity contribution in [2.75, 3.05) is 25.5 Å². The van der Waals surface area contributed by atoms with Gasteiger partial charge in [-0.15, -0.1) is 11.6 Å². The first-order chi connectivity index (χ1) is 8.74. The molecule has 0 bridgehead atoms. The van der Waals surface area contributed by atoms with Crippen LogP contribution in [0, 0.1) is 0 Å². The Balaban J connectivity index is 1.98. The van der Waals surface area contributed by atoms with Crippen molar-refractivity contribution in [1.29, 1.82) is 0 Å². The number of likely N-dealkylation sites (tertiary alicyclic amines) is 1. The Kier molecular flexibility index (Phi) is 8.44. The number of nitrogens with one attached hydrogen (secondary N) is 1. The second-order valence-corrected chi connectivity index (χ2v) is 5.61. The fourth-order valence-electron chi connectivity index (χ4n) is 2.47. The van der Waals surface area contributed by atoms with Gasteiger partial charge in [0, 0.05) is 31.4 Å². The number of piperidine rings is 1. The van der Waals surface area contributed by atoms with Crippen LogP contribution in [0.1, 0.15) is 51.9 Å². The molecule has 0 saturated carbocycles. The predicted molar refractivity (Wildman–Crippen MR) is 77.1 cm³/mol. The molecule has 1 aliphatic rings. The van der Waals surface area contributed by atoms with Crippen LogP contribution >= 0.6 is 11.6 Å². The Morgan fingerprint density at radius 1 is 1.33 bits per heavy atom. The fourth-order valence-corrected chi connectivity index (χ4v) is 2.66. The summed E-state index contributed by atoms with van der Waals surface area (Å²) in [5.41, 5.74) is 0. The summed E-state index contributed by atoms with van der Waals surface area (Å²) in [5.74, 6) is 0.826. The number of hydrogen-bond acceptors (Lipinski definition) is 2. The first-order valence-electron chi connectivity index (χ1n) is 7.30. The molecule has 0 spiro atoms. The van der Waals surface area contributed by atoms with E-state index < -0.39 is 0 Å². The third-order valence-electron chi connectivity index (χ3n) is 3.67. The van der Waals surface area contributed by atoms with Crippen molar-refractivity contribution in [3.05, 3.63) is 0 Å². The summed E-state index contributed by atoms with van der Waals surface area (Å²) in [6.07, 6.45) is 7.53. The van der Waals surface area contributed by atoms with Gasteiger partial charge in [0.2, 0.25) is 5.91 Å². The number of carbonyl (C=O) groups is 1. The summed E-state index contributed by atoms with van der Waals surface area (Å²) in [4.78, 5) is 14.0.